The van der Waals surface area contributed by atoms with E-state index >= 15 is 0 Å². The van der Waals surface area contributed by atoms with Crippen LogP contribution >= 0.6 is 0 Å². The van der Waals surface area contributed by atoms with Crippen LogP contribution in [-0.4, -0.2) is 23.1 Å². The second kappa shape index (κ2) is 7.36. The lowest BCUT2D eigenvalue weighted by molar-refractivity contribution is -0.396. The maximum Gasteiger partial charge on any atom is 0.330 e. The van der Waals surface area contributed by atoms with Crippen LogP contribution in [0.1, 0.15) is 31.7 Å². The lowest BCUT2D eigenvalue weighted by atomic mass is 10.1. The number of ether oxygens (including phenoxy) is 2. The fourth-order valence-corrected chi connectivity index (χ4v) is 2.25. The van der Waals surface area contributed by atoms with Gasteiger partial charge in [0, 0.05) is 18.9 Å². The van der Waals surface area contributed by atoms with Crippen molar-refractivity contribution in [3.8, 4) is 0 Å². The summed E-state index contributed by atoms with van der Waals surface area (Å²) in [6.07, 6.45) is 4.58. The number of hydrogen-bond acceptors (Lipinski definition) is 5. The summed E-state index contributed by atoms with van der Waals surface area (Å²) in [4.78, 5) is 16.0. The van der Waals surface area contributed by atoms with Crippen LogP contribution in [0.25, 0.3) is 0 Å². The van der Waals surface area contributed by atoms with Crippen molar-refractivity contribution in [3.05, 3.63) is 48.0 Å². The van der Waals surface area contributed by atoms with Crippen molar-refractivity contribution in [2.75, 3.05) is 0 Å². The first kappa shape index (κ1) is 15.7. The van der Waals surface area contributed by atoms with E-state index in [9.17, 15) is 4.79 Å². The average Bonchev–Trinajstić information content (AvgIpc) is 2.96. The van der Waals surface area contributed by atoms with E-state index in [1.54, 1.807) is 6.08 Å². The SMILES string of the molecule is CC[C@]1(OO)CC[C@@H](/C=C/C(=O)OCc2ccccc2)O1. The van der Waals surface area contributed by atoms with E-state index in [-0.39, 0.29) is 12.7 Å². The highest BCUT2D eigenvalue weighted by Gasteiger charge is 2.39. The molecule has 1 aliphatic heterocycles. The van der Waals surface area contributed by atoms with Gasteiger partial charge < -0.3 is 9.47 Å². The highest BCUT2D eigenvalue weighted by Crippen LogP contribution is 2.34. The maximum absolute atomic E-state index is 11.6. The van der Waals surface area contributed by atoms with Crippen molar-refractivity contribution >= 4 is 5.97 Å². The van der Waals surface area contributed by atoms with Crippen LogP contribution in [0.5, 0.6) is 0 Å². The molecule has 1 saturated heterocycles. The highest BCUT2D eigenvalue weighted by atomic mass is 17.1. The Morgan fingerprint density at radius 3 is 2.86 bits per heavy atom. The molecule has 1 N–H and O–H groups in total. The van der Waals surface area contributed by atoms with Gasteiger partial charge in [-0.3, -0.25) is 0 Å². The highest BCUT2D eigenvalue weighted by molar-refractivity contribution is 5.81. The second-order valence-corrected chi connectivity index (χ2v) is 5.00. The molecular weight excluding hydrogens is 272 g/mol. The van der Waals surface area contributed by atoms with E-state index in [1.165, 1.54) is 6.08 Å². The third-order valence-electron chi connectivity index (χ3n) is 3.55. The maximum atomic E-state index is 11.6. The van der Waals surface area contributed by atoms with Gasteiger partial charge in [-0.1, -0.05) is 37.3 Å². The molecule has 0 unspecified atom stereocenters. The first-order chi connectivity index (χ1) is 10.2. The van der Waals surface area contributed by atoms with E-state index in [1.807, 2.05) is 37.3 Å². The molecule has 1 heterocycles. The Hall–Kier alpha value is -1.69. The van der Waals surface area contributed by atoms with Crippen LogP contribution in [0, 0.1) is 0 Å². The molecule has 114 valence electrons. The van der Waals surface area contributed by atoms with Gasteiger partial charge in [-0.05, 0) is 18.1 Å². The quantitative estimate of drug-likeness (QED) is 0.378. The summed E-state index contributed by atoms with van der Waals surface area (Å²) in [5.41, 5.74) is 0.940. The van der Waals surface area contributed by atoms with E-state index in [0.717, 1.165) is 5.56 Å². The predicted molar refractivity (Wildman–Crippen MR) is 76.2 cm³/mol. The number of benzene rings is 1. The molecule has 0 aromatic heterocycles. The summed E-state index contributed by atoms with van der Waals surface area (Å²) in [5.74, 6) is -1.36. The van der Waals surface area contributed by atoms with Gasteiger partial charge in [0.25, 0.3) is 0 Å². The lowest BCUT2D eigenvalue weighted by Gasteiger charge is -2.23. The number of esters is 1. The summed E-state index contributed by atoms with van der Waals surface area (Å²) in [7, 11) is 0. The van der Waals surface area contributed by atoms with Crippen LogP contribution in [0.3, 0.4) is 0 Å². The second-order valence-electron chi connectivity index (χ2n) is 5.00. The first-order valence-electron chi connectivity index (χ1n) is 7.07. The molecule has 1 fully saturated rings. The molecule has 5 heteroatoms. The molecule has 0 spiro atoms. The molecule has 0 bridgehead atoms. The largest absolute Gasteiger partial charge is 0.458 e. The van der Waals surface area contributed by atoms with Crippen molar-refractivity contribution in [1.82, 2.24) is 0 Å². The number of carbonyl (C=O) groups is 1. The minimum absolute atomic E-state index is 0.244. The Balaban J connectivity index is 1.78. The summed E-state index contributed by atoms with van der Waals surface area (Å²) in [6.45, 7) is 2.12. The molecule has 21 heavy (non-hydrogen) atoms. The van der Waals surface area contributed by atoms with Crippen molar-refractivity contribution < 1.29 is 24.4 Å². The molecule has 0 radical (unpaired) electrons. The van der Waals surface area contributed by atoms with Gasteiger partial charge in [0.1, 0.15) is 6.61 Å². The fourth-order valence-electron chi connectivity index (χ4n) is 2.25. The molecule has 5 nitrogen and oxygen atoms in total. The zero-order chi connectivity index (χ0) is 15.1. The molecule has 1 aliphatic rings. The Kier molecular flexibility index (Phi) is 5.50. The number of hydrogen-bond donors (Lipinski definition) is 1. The molecule has 0 aliphatic carbocycles. The first-order valence-corrected chi connectivity index (χ1v) is 7.07. The van der Waals surface area contributed by atoms with Crippen molar-refractivity contribution in [3.63, 3.8) is 0 Å². The minimum atomic E-state index is -0.942. The van der Waals surface area contributed by atoms with Crippen molar-refractivity contribution in [2.24, 2.45) is 0 Å². The van der Waals surface area contributed by atoms with Crippen LogP contribution in [0.2, 0.25) is 0 Å². The monoisotopic (exact) mass is 292 g/mol. The molecule has 1 aromatic carbocycles. The minimum Gasteiger partial charge on any atom is -0.458 e. The molecule has 2 atom stereocenters. The zero-order valence-electron chi connectivity index (χ0n) is 12.0. The van der Waals surface area contributed by atoms with Gasteiger partial charge >= 0.3 is 5.97 Å². The third kappa shape index (κ3) is 4.39. The van der Waals surface area contributed by atoms with E-state index < -0.39 is 11.8 Å². The van der Waals surface area contributed by atoms with E-state index in [0.29, 0.717) is 19.3 Å². The zero-order valence-corrected chi connectivity index (χ0v) is 12.0. The summed E-state index contributed by atoms with van der Waals surface area (Å²) >= 11 is 0. The molecule has 1 aromatic rings. The third-order valence-corrected chi connectivity index (χ3v) is 3.55. The van der Waals surface area contributed by atoms with Gasteiger partial charge in [0.2, 0.25) is 5.79 Å². The number of carbonyl (C=O) groups excluding carboxylic acids is 1. The van der Waals surface area contributed by atoms with Crippen LogP contribution in [0.15, 0.2) is 42.5 Å². The normalized spacial score (nSPS) is 25.3. The fraction of sp³-hybridized carbons (Fsp3) is 0.438. The van der Waals surface area contributed by atoms with Crippen molar-refractivity contribution in [1.29, 1.82) is 0 Å². The van der Waals surface area contributed by atoms with Gasteiger partial charge in [-0.25, -0.2) is 14.9 Å². The van der Waals surface area contributed by atoms with Crippen molar-refractivity contribution in [2.45, 2.75) is 44.7 Å². The smallest absolute Gasteiger partial charge is 0.330 e. The summed E-state index contributed by atoms with van der Waals surface area (Å²) < 4.78 is 10.7. The molecular formula is C16H20O5. The van der Waals surface area contributed by atoms with Crippen LogP contribution in [0.4, 0.5) is 0 Å². The molecule has 0 amide bonds. The Morgan fingerprint density at radius 1 is 1.48 bits per heavy atom. The standard InChI is InChI=1S/C16H20O5/c1-2-16(21-18)11-10-14(20-16)8-9-15(17)19-12-13-6-4-3-5-7-13/h3-9,14,18H,2,10-12H2,1H3/b9-8+/t14-,16+/m1/s1. The van der Waals surface area contributed by atoms with Gasteiger partial charge in [-0.15, -0.1) is 0 Å². The lowest BCUT2D eigenvalue weighted by Crippen LogP contribution is -2.30. The summed E-state index contributed by atoms with van der Waals surface area (Å²) in [6, 6.07) is 9.48. The summed E-state index contributed by atoms with van der Waals surface area (Å²) in [5, 5.41) is 8.88. The Labute approximate surface area is 124 Å². The van der Waals surface area contributed by atoms with Gasteiger partial charge in [-0.2, -0.15) is 0 Å². The average molecular weight is 292 g/mol. The Morgan fingerprint density at radius 2 is 2.24 bits per heavy atom. The predicted octanol–water partition coefficient (Wildman–Crippen LogP) is 3.06. The van der Waals surface area contributed by atoms with Crippen LogP contribution < -0.4 is 0 Å². The molecule has 2 rings (SSSR count). The topological polar surface area (TPSA) is 65.0 Å². The molecule has 0 saturated carbocycles. The van der Waals surface area contributed by atoms with Gasteiger partial charge in [0.05, 0.1) is 6.10 Å². The number of rotatable bonds is 6. The van der Waals surface area contributed by atoms with Gasteiger partial charge in [0.15, 0.2) is 0 Å². The Bertz CT molecular complexity index is 479. The van der Waals surface area contributed by atoms with E-state index in [4.69, 9.17) is 14.7 Å². The van der Waals surface area contributed by atoms with Crippen LogP contribution in [-0.2, 0) is 25.8 Å². The van der Waals surface area contributed by atoms with E-state index in [2.05, 4.69) is 4.89 Å².